The number of halogens is 1. The van der Waals surface area contributed by atoms with Crippen LogP contribution in [-0.2, 0) is 0 Å². The summed E-state index contributed by atoms with van der Waals surface area (Å²) in [5.74, 6) is 0.423. The van der Waals surface area contributed by atoms with Crippen LogP contribution in [0.4, 0.5) is 4.39 Å². The van der Waals surface area contributed by atoms with Crippen molar-refractivity contribution in [3.05, 3.63) is 29.6 Å². The summed E-state index contributed by atoms with van der Waals surface area (Å²) in [7, 11) is 1.49. The smallest absolute Gasteiger partial charge is 0.165 e. The lowest BCUT2D eigenvalue weighted by atomic mass is 9.93. The van der Waals surface area contributed by atoms with Gasteiger partial charge in [-0.2, -0.15) is 0 Å². The van der Waals surface area contributed by atoms with E-state index in [4.69, 9.17) is 10.5 Å². The van der Waals surface area contributed by atoms with Crippen LogP contribution < -0.4 is 10.5 Å². The molecule has 1 aromatic carbocycles. The molecule has 0 aromatic heterocycles. The van der Waals surface area contributed by atoms with Gasteiger partial charge in [0.05, 0.1) is 7.11 Å². The van der Waals surface area contributed by atoms with Gasteiger partial charge in [0.25, 0.3) is 0 Å². The van der Waals surface area contributed by atoms with Gasteiger partial charge in [-0.05, 0) is 56.1 Å². The Morgan fingerprint density at radius 1 is 1.47 bits per heavy atom. The van der Waals surface area contributed by atoms with E-state index in [1.165, 1.54) is 7.11 Å². The number of hydrogen-bond donors (Lipinski definition) is 1. The van der Waals surface area contributed by atoms with Crippen molar-refractivity contribution in [1.29, 1.82) is 0 Å². The molecule has 4 heteroatoms. The van der Waals surface area contributed by atoms with Crippen molar-refractivity contribution >= 4 is 0 Å². The molecule has 3 nitrogen and oxygen atoms in total. The molecule has 1 fully saturated rings. The molecule has 106 valence electrons. The summed E-state index contributed by atoms with van der Waals surface area (Å²) < 4.78 is 18.8. The highest BCUT2D eigenvalue weighted by molar-refractivity contribution is 5.32. The number of nitrogens with two attached hydrogens (primary N) is 1. The molecular formula is C15H23FN2O. The second-order valence-corrected chi connectivity index (χ2v) is 5.16. The first-order valence-corrected chi connectivity index (χ1v) is 6.98. The number of nitrogens with zero attached hydrogens (tertiary/aromatic N) is 1. The highest BCUT2D eigenvalue weighted by Crippen LogP contribution is 2.37. The lowest BCUT2D eigenvalue weighted by molar-refractivity contribution is 0.230. The van der Waals surface area contributed by atoms with E-state index in [1.54, 1.807) is 12.1 Å². The molecule has 0 bridgehead atoms. The van der Waals surface area contributed by atoms with E-state index in [0.717, 1.165) is 31.5 Å². The first kappa shape index (κ1) is 14.3. The first-order valence-electron chi connectivity index (χ1n) is 6.98. The van der Waals surface area contributed by atoms with Gasteiger partial charge >= 0.3 is 0 Å². The minimum absolute atomic E-state index is 0.241. The monoisotopic (exact) mass is 266 g/mol. The third-order valence-corrected chi connectivity index (χ3v) is 3.96. The van der Waals surface area contributed by atoms with E-state index >= 15 is 0 Å². The number of rotatable bonds is 5. The summed E-state index contributed by atoms with van der Waals surface area (Å²) in [6.07, 6.45) is 2.20. The van der Waals surface area contributed by atoms with Crippen molar-refractivity contribution < 1.29 is 9.13 Å². The van der Waals surface area contributed by atoms with Crippen molar-refractivity contribution in [2.24, 2.45) is 11.7 Å². The molecule has 2 rings (SSSR count). The maximum atomic E-state index is 13.9. The molecule has 2 unspecified atom stereocenters. The molecule has 0 amide bonds. The van der Waals surface area contributed by atoms with Crippen molar-refractivity contribution in [2.75, 3.05) is 26.7 Å². The fourth-order valence-corrected chi connectivity index (χ4v) is 3.06. The van der Waals surface area contributed by atoms with E-state index < -0.39 is 0 Å². The summed E-state index contributed by atoms with van der Waals surface area (Å²) >= 11 is 0. The number of hydrogen-bond acceptors (Lipinski definition) is 3. The van der Waals surface area contributed by atoms with Crippen LogP contribution in [0.5, 0.6) is 5.75 Å². The highest BCUT2D eigenvalue weighted by Gasteiger charge is 2.34. The Morgan fingerprint density at radius 2 is 2.26 bits per heavy atom. The Labute approximate surface area is 114 Å². The molecule has 0 spiro atoms. The van der Waals surface area contributed by atoms with Crippen molar-refractivity contribution in [2.45, 2.75) is 25.8 Å². The van der Waals surface area contributed by atoms with Gasteiger partial charge in [0.2, 0.25) is 0 Å². The first-order chi connectivity index (χ1) is 9.21. The largest absolute Gasteiger partial charge is 0.494 e. The zero-order chi connectivity index (χ0) is 13.8. The minimum Gasteiger partial charge on any atom is -0.494 e. The number of methoxy groups -OCH3 is 1. The van der Waals surface area contributed by atoms with Gasteiger partial charge in [-0.1, -0.05) is 13.0 Å². The molecule has 1 aliphatic heterocycles. The molecule has 2 N–H and O–H groups in total. The molecule has 1 aromatic rings. The van der Waals surface area contributed by atoms with Gasteiger partial charge in [-0.15, -0.1) is 0 Å². The second kappa shape index (κ2) is 6.35. The molecule has 0 saturated carbocycles. The van der Waals surface area contributed by atoms with Crippen LogP contribution in [0, 0.1) is 11.7 Å². The van der Waals surface area contributed by atoms with E-state index in [1.807, 2.05) is 6.07 Å². The van der Waals surface area contributed by atoms with Crippen LogP contribution in [0.1, 0.15) is 31.4 Å². The third kappa shape index (κ3) is 2.90. The Hall–Kier alpha value is -1.13. The summed E-state index contributed by atoms with van der Waals surface area (Å²) in [4.78, 5) is 2.42. The predicted octanol–water partition coefficient (Wildman–Crippen LogP) is 2.57. The normalized spacial score (nSPS) is 23.8. The lowest BCUT2D eigenvalue weighted by Crippen LogP contribution is -2.29. The van der Waals surface area contributed by atoms with E-state index in [0.29, 0.717) is 18.2 Å². The number of benzene rings is 1. The molecule has 1 heterocycles. The van der Waals surface area contributed by atoms with Crippen molar-refractivity contribution in [3.8, 4) is 5.75 Å². The molecule has 0 radical (unpaired) electrons. The SMILES string of the molecule is CCCN1CCC(CN)C1c1ccc(OC)c(F)c1. The van der Waals surface area contributed by atoms with Crippen LogP contribution in [0.25, 0.3) is 0 Å². The zero-order valence-electron chi connectivity index (χ0n) is 11.7. The standard InChI is InChI=1S/C15H23FN2O/c1-3-7-18-8-6-12(10-17)15(18)11-4-5-14(19-2)13(16)9-11/h4-5,9,12,15H,3,6-8,10,17H2,1-2H3. The average Bonchev–Trinajstić information content (AvgIpc) is 2.82. The predicted molar refractivity (Wildman–Crippen MR) is 74.7 cm³/mol. The van der Waals surface area contributed by atoms with Gasteiger partial charge < -0.3 is 10.5 Å². The van der Waals surface area contributed by atoms with Gasteiger partial charge in [-0.3, -0.25) is 4.90 Å². The summed E-state index contributed by atoms with van der Waals surface area (Å²) in [5, 5.41) is 0. The Morgan fingerprint density at radius 3 is 2.84 bits per heavy atom. The zero-order valence-corrected chi connectivity index (χ0v) is 11.7. The summed E-state index contributed by atoms with van der Waals surface area (Å²) in [6.45, 7) is 4.91. The topological polar surface area (TPSA) is 38.5 Å². The van der Waals surface area contributed by atoms with Crippen molar-refractivity contribution in [1.82, 2.24) is 4.90 Å². The maximum Gasteiger partial charge on any atom is 0.165 e. The molecule has 2 atom stereocenters. The minimum atomic E-state index is -0.292. The van der Waals surface area contributed by atoms with E-state index in [-0.39, 0.29) is 11.9 Å². The van der Waals surface area contributed by atoms with Gasteiger partial charge in [0.15, 0.2) is 11.6 Å². The molecule has 19 heavy (non-hydrogen) atoms. The van der Waals surface area contributed by atoms with Crippen LogP contribution in [0.15, 0.2) is 18.2 Å². The summed E-state index contributed by atoms with van der Waals surface area (Å²) in [5.41, 5.74) is 6.88. The number of likely N-dealkylation sites (tertiary alicyclic amines) is 1. The van der Waals surface area contributed by atoms with Gasteiger partial charge in [0.1, 0.15) is 0 Å². The maximum absolute atomic E-state index is 13.9. The van der Waals surface area contributed by atoms with Crippen LogP contribution in [-0.4, -0.2) is 31.6 Å². The van der Waals surface area contributed by atoms with Crippen LogP contribution in [0.3, 0.4) is 0 Å². The van der Waals surface area contributed by atoms with Crippen molar-refractivity contribution in [3.63, 3.8) is 0 Å². The Kier molecular flexibility index (Phi) is 4.77. The molecular weight excluding hydrogens is 243 g/mol. The van der Waals surface area contributed by atoms with Gasteiger partial charge in [0, 0.05) is 6.04 Å². The fourth-order valence-electron chi connectivity index (χ4n) is 3.06. The molecule has 1 aliphatic rings. The van der Waals surface area contributed by atoms with E-state index in [2.05, 4.69) is 11.8 Å². The van der Waals surface area contributed by atoms with Gasteiger partial charge in [-0.25, -0.2) is 4.39 Å². The highest BCUT2D eigenvalue weighted by atomic mass is 19.1. The quantitative estimate of drug-likeness (QED) is 0.890. The van der Waals surface area contributed by atoms with E-state index in [9.17, 15) is 4.39 Å². The second-order valence-electron chi connectivity index (χ2n) is 5.16. The lowest BCUT2D eigenvalue weighted by Gasteiger charge is -2.28. The van der Waals surface area contributed by atoms with Crippen LogP contribution in [0.2, 0.25) is 0 Å². The Bertz CT molecular complexity index is 425. The molecule has 1 saturated heterocycles. The van der Waals surface area contributed by atoms with Crippen LogP contribution >= 0.6 is 0 Å². The fraction of sp³-hybridized carbons (Fsp3) is 0.600. The average molecular weight is 266 g/mol. The molecule has 0 aliphatic carbocycles. The third-order valence-electron chi connectivity index (χ3n) is 3.96. The Balaban J connectivity index is 2.27. The summed E-state index contributed by atoms with van der Waals surface area (Å²) in [6, 6.07) is 5.51. The number of ether oxygens (including phenoxy) is 1.